The maximum absolute atomic E-state index is 5.64. The second kappa shape index (κ2) is 3.85. The quantitative estimate of drug-likeness (QED) is 0.753. The highest BCUT2D eigenvalue weighted by molar-refractivity contribution is 5.02. The lowest BCUT2D eigenvalue weighted by Crippen LogP contribution is -2.41. The average Bonchev–Trinajstić information content (AvgIpc) is 2.12. The Morgan fingerprint density at radius 3 is 2.92 bits per heavy atom. The SMILES string of the molecule is NC1CC(OCc2ccccn2)C1. The molecule has 0 amide bonds. The summed E-state index contributed by atoms with van der Waals surface area (Å²) in [5.41, 5.74) is 6.63. The van der Waals surface area contributed by atoms with E-state index in [9.17, 15) is 0 Å². The third kappa shape index (κ3) is 2.26. The first-order chi connectivity index (χ1) is 6.34. The molecular formula is C10H14N2O. The molecule has 0 atom stereocenters. The summed E-state index contributed by atoms with van der Waals surface area (Å²) < 4.78 is 5.59. The molecule has 2 N–H and O–H groups in total. The molecule has 0 spiro atoms. The van der Waals surface area contributed by atoms with Gasteiger partial charge in [-0.1, -0.05) is 6.07 Å². The smallest absolute Gasteiger partial charge is 0.0891 e. The van der Waals surface area contributed by atoms with Crippen molar-refractivity contribution in [1.29, 1.82) is 0 Å². The Balaban J connectivity index is 1.74. The van der Waals surface area contributed by atoms with Crippen LogP contribution >= 0.6 is 0 Å². The van der Waals surface area contributed by atoms with Crippen LogP contribution in [0.5, 0.6) is 0 Å². The predicted molar refractivity (Wildman–Crippen MR) is 50.0 cm³/mol. The molecule has 1 aromatic rings. The van der Waals surface area contributed by atoms with E-state index in [0.717, 1.165) is 18.5 Å². The van der Waals surface area contributed by atoms with Crippen LogP contribution in [0.4, 0.5) is 0 Å². The summed E-state index contributed by atoms with van der Waals surface area (Å²) in [6.07, 6.45) is 4.13. The first kappa shape index (κ1) is 8.66. The summed E-state index contributed by atoms with van der Waals surface area (Å²) in [5.74, 6) is 0. The molecule has 3 nitrogen and oxygen atoms in total. The molecule has 1 aliphatic carbocycles. The molecule has 1 fully saturated rings. The Morgan fingerprint density at radius 1 is 1.46 bits per heavy atom. The van der Waals surface area contributed by atoms with E-state index in [-0.39, 0.29) is 0 Å². The minimum atomic E-state index is 0.355. The number of pyridine rings is 1. The van der Waals surface area contributed by atoms with Gasteiger partial charge < -0.3 is 10.5 Å². The Kier molecular flexibility index (Phi) is 2.57. The molecule has 3 heteroatoms. The summed E-state index contributed by atoms with van der Waals surface area (Å²) in [6.45, 7) is 0.609. The largest absolute Gasteiger partial charge is 0.372 e. The minimum Gasteiger partial charge on any atom is -0.372 e. The van der Waals surface area contributed by atoms with Gasteiger partial charge in [-0.3, -0.25) is 4.98 Å². The summed E-state index contributed by atoms with van der Waals surface area (Å²) in [7, 11) is 0. The van der Waals surface area contributed by atoms with Crippen LogP contribution in [0.1, 0.15) is 18.5 Å². The molecule has 0 radical (unpaired) electrons. The van der Waals surface area contributed by atoms with Crippen molar-refractivity contribution in [3.05, 3.63) is 30.1 Å². The van der Waals surface area contributed by atoms with Gasteiger partial charge in [0, 0.05) is 12.2 Å². The van der Waals surface area contributed by atoms with Gasteiger partial charge in [-0.05, 0) is 25.0 Å². The molecule has 2 rings (SSSR count). The van der Waals surface area contributed by atoms with E-state index in [1.165, 1.54) is 0 Å². The molecular weight excluding hydrogens is 164 g/mol. The van der Waals surface area contributed by atoms with Crippen LogP contribution in [0.3, 0.4) is 0 Å². The van der Waals surface area contributed by atoms with Crippen LogP contribution < -0.4 is 5.73 Å². The van der Waals surface area contributed by atoms with Crippen molar-refractivity contribution in [1.82, 2.24) is 4.98 Å². The molecule has 1 aromatic heterocycles. The number of nitrogens with zero attached hydrogens (tertiary/aromatic N) is 1. The van der Waals surface area contributed by atoms with Crippen molar-refractivity contribution in [3.8, 4) is 0 Å². The van der Waals surface area contributed by atoms with Crippen molar-refractivity contribution in [2.24, 2.45) is 5.73 Å². The van der Waals surface area contributed by atoms with E-state index in [4.69, 9.17) is 10.5 Å². The van der Waals surface area contributed by atoms with Crippen LogP contribution in [-0.4, -0.2) is 17.1 Å². The van der Waals surface area contributed by atoms with Gasteiger partial charge in [0.1, 0.15) is 0 Å². The number of aromatic nitrogens is 1. The van der Waals surface area contributed by atoms with Crippen molar-refractivity contribution in [2.75, 3.05) is 0 Å². The Labute approximate surface area is 77.9 Å². The fourth-order valence-electron chi connectivity index (χ4n) is 1.43. The number of rotatable bonds is 3. The highest BCUT2D eigenvalue weighted by Crippen LogP contribution is 2.21. The summed E-state index contributed by atoms with van der Waals surface area (Å²) >= 11 is 0. The van der Waals surface area contributed by atoms with E-state index in [2.05, 4.69) is 4.98 Å². The predicted octanol–water partition coefficient (Wildman–Crippen LogP) is 1.09. The van der Waals surface area contributed by atoms with Crippen LogP contribution in [0.2, 0.25) is 0 Å². The zero-order valence-electron chi connectivity index (χ0n) is 7.52. The van der Waals surface area contributed by atoms with Gasteiger partial charge in [0.2, 0.25) is 0 Å². The highest BCUT2D eigenvalue weighted by atomic mass is 16.5. The minimum absolute atomic E-state index is 0.355. The fraction of sp³-hybridized carbons (Fsp3) is 0.500. The highest BCUT2D eigenvalue weighted by Gasteiger charge is 2.26. The zero-order valence-corrected chi connectivity index (χ0v) is 7.52. The summed E-state index contributed by atoms with van der Waals surface area (Å²) in [6, 6.07) is 6.20. The van der Waals surface area contributed by atoms with Gasteiger partial charge in [0.25, 0.3) is 0 Å². The average molecular weight is 178 g/mol. The molecule has 70 valence electrons. The number of hydrogen-bond acceptors (Lipinski definition) is 3. The molecule has 1 saturated carbocycles. The van der Waals surface area contributed by atoms with E-state index >= 15 is 0 Å². The van der Waals surface area contributed by atoms with E-state index < -0.39 is 0 Å². The van der Waals surface area contributed by atoms with Gasteiger partial charge in [-0.15, -0.1) is 0 Å². The van der Waals surface area contributed by atoms with E-state index in [1.54, 1.807) is 6.20 Å². The first-order valence-electron chi connectivity index (χ1n) is 4.61. The Hall–Kier alpha value is -0.930. The number of ether oxygens (including phenoxy) is 1. The van der Waals surface area contributed by atoms with Crippen molar-refractivity contribution in [3.63, 3.8) is 0 Å². The molecule has 1 heterocycles. The molecule has 0 saturated heterocycles. The second-order valence-electron chi connectivity index (χ2n) is 3.49. The lowest BCUT2D eigenvalue weighted by molar-refractivity contribution is -0.0201. The second-order valence-corrected chi connectivity index (χ2v) is 3.49. The monoisotopic (exact) mass is 178 g/mol. The van der Waals surface area contributed by atoms with Crippen LogP contribution in [0.15, 0.2) is 24.4 Å². The van der Waals surface area contributed by atoms with E-state index in [1.807, 2.05) is 18.2 Å². The third-order valence-corrected chi connectivity index (χ3v) is 2.32. The van der Waals surface area contributed by atoms with Gasteiger partial charge >= 0.3 is 0 Å². The van der Waals surface area contributed by atoms with Gasteiger partial charge in [0.05, 0.1) is 18.4 Å². The molecule has 0 unspecified atom stereocenters. The van der Waals surface area contributed by atoms with E-state index in [0.29, 0.717) is 18.8 Å². The summed E-state index contributed by atoms with van der Waals surface area (Å²) in [4.78, 5) is 4.17. The van der Waals surface area contributed by atoms with Gasteiger partial charge in [0.15, 0.2) is 0 Å². The lowest BCUT2D eigenvalue weighted by atomic mass is 9.90. The maximum Gasteiger partial charge on any atom is 0.0891 e. The van der Waals surface area contributed by atoms with Crippen molar-refractivity contribution in [2.45, 2.75) is 31.6 Å². The fourth-order valence-corrected chi connectivity index (χ4v) is 1.43. The Bertz CT molecular complexity index is 257. The van der Waals surface area contributed by atoms with Gasteiger partial charge in [-0.2, -0.15) is 0 Å². The van der Waals surface area contributed by atoms with Crippen molar-refractivity contribution < 1.29 is 4.74 Å². The first-order valence-corrected chi connectivity index (χ1v) is 4.61. The molecule has 0 aromatic carbocycles. The van der Waals surface area contributed by atoms with Gasteiger partial charge in [-0.25, -0.2) is 0 Å². The molecule has 0 aliphatic heterocycles. The Morgan fingerprint density at radius 2 is 2.31 bits per heavy atom. The third-order valence-electron chi connectivity index (χ3n) is 2.32. The van der Waals surface area contributed by atoms with Crippen molar-refractivity contribution >= 4 is 0 Å². The maximum atomic E-state index is 5.64. The number of hydrogen-bond donors (Lipinski definition) is 1. The van der Waals surface area contributed by atoms with Crippen LogP contribution in [0.25, 0.3) is 0 Å². The molecule has 13 heavy (non-hydrogen) atoms. The zero-order chi connectivity index (χ0) is 9.10. The van der Waals surface area contributed by atoms with Crippen LogP contribution in [-0.2, 0) is 11.3 Å². The molecule has 0 bridgehead atoms. The lowest BCUT2D eigenvalue weighted by Gasteiger charge is -2.32. The standard InChI is InChI=1S/C10H14N2O/c11-8-5-10(6-8)13-7-9-3-1-2-4-12-9/h1-4,8,10H,5-7,11H2. The normalized spacial score (nSPS) is 26.8. The van der Waals surface area contributed by atoms with Crippen LogP contribution in [0, 0.1) is 0 Å². The summed E-state index contributed by atoms with van der Waals surface area (Å²) in [5, 5.41) is 0. The topological polar surface area (TPSA) is 48.1 Å². The number of nitrogens with two attached hydrogens (primary N) is 1. The molecule has 1 aliphatic rings.